The number of halogens is 1. The van der Waals surface area contributed by atoms with Crippen molar-refractivity contribution in [1.82, 2.24) is 5.32 Å². The molecular weight excluding hydrogens is 244 g/mol. The van der Waals surface area contributed by atoms with Crippen molar-refractivity contribution in [1.29, 1.82) is 0 Å². The smallest absolute Gasteiger partial charge is 0.308 e. The van der Waals surface area contributed by atoms with Crippen molar-refractivity contribution < 1.29 is 14.3 Å². The van der Waals surface area contributed by atoms with E-state index in [0.717, 1.165) is 12.8 Å². The molecule has 0 heterocycles. The summed E-state index contributed by atoms with van der Waals surface area (Å²) in [7, 11) is 1.39. The van der Waals surface area contributed by atoms with E-state index in [9.17, 15) is 9.59 Å². The lowest BCUT2D eigenvalue weighted by molar-refractivity contribution is -0.150. The minimum Gasteiger partial charge on any atom is -0.469 e. The molecule has 2 rings (SSSR count). The first-order valence-corrected chi connectivity index (χ1v) is 5.74. The predicted octanol–water partition coefficient (Wildman–Crippen LogP) is 0.213. The second-order valence-electron chi connectivity index (χ2n) is 4.83. The number of hydrogen-bond donors (Lipinski definition) is 2. The molecule has 0 saturated heterocycles. The van der Waals surface area contributed by atoms with Gasteiger partial charge in [0.15, 0.2) is 0 Å². The predicted molar refractivity (Wildman–Crippen MR) is 64.6 cm³/mol. The summed E-state index contributed by atoms with van der Waals surface area (Å²) in [6.45, 7) is 0. The van der Waals surface area contributed by atoms with Crippen LogP contribution in [0.15, 0.2) is 0 Å². The second kappa shape index (κ2) is 5.69. The fraction of sp³-hybridized carbons (Fsp3) is 0.818. The fourth-order valence-electron chi connectivity index (χ4n) is 2.29. The van der Waals surface area contributed by atoms with Gasteiger partial charge < -0.3 is 15.8 Å². The van der Waals surface area contributed by atoms with Gasteiger partial charge in [0.25, 0.3) is 0 Å². The highest BCUT2D eigenvalue weighted by molar-refractivity contribution is 5.85. The van der Waals surface area contributed by atoms with Gasteiger partial charge in [-0.15, -0.1) is 12.4 Å². The molecular formula is C11H19ClN2O3. The maximum atomic E-state index is 11.6. The molecule has 2 fully saturated rings. The Kier molecular flexibility index (Phi) is 4.77. The number of rotatable bonds is 3. The number of nitrogens with one attached hydrogen (secondary N) is 1. The van der Waals surface area contributed by atoms with Crippen LogP contribution in [0.3, 0.4) is 0 Å². The third kappa shape index (κ3) is 3.10. The zero-order valence-electron chi connectivity index (χ0n) is 9.85. The van der Waals surface area contributed by atoms with E-state index in [0.29, 0.717) is 12.8 Å². The first-order chi connectivity index (χ1) is 7.60. The van der Waals surface area contributed by atoms with Crippen LogP contribution in [-0.4, -0.2) is 31.1 Å². The summed E-state index contributed by atoms with van der Waals surface area (Å²) in [6, 6.07) is 0.341. The topological polar surface area (TPSA) is 81.4 Å². The summed E-state index contributed by atoms with van der Waals surface area (Å²) < 4.78 is 4.63. The molecule has 2 aliphatic rings. The molecule has 2 saturated carbocycles. The van der Waals surface area contributed by atoms with Crippen LogP contribution in [0.25, 0.3) is 0 Å². The number of methoxy groups -OCH3 is 1. The fourth-order valence-corrected chi connectivity index (χ4v) is 2.29. The molecule has 0 aliphatic heterocycles. The molecule has 2 aliphatic carbocycles. The van der Waals surface area contributed by atoms with E-state index in [1.807, 2.05) is 0 Å². The summed E-state index contributed by atoms with van der Waals surface area (Å²) in [6.07, 6.45) is 2.99. The molecule has 0 bridgehead atoms. The van der Waals surface area contributed by atoms with Gasteiger partial charge in [-0.3, -0.25) is 9.59 Å². The van der Waals surface area contributed by atoms with Gasteiger partial charge in [0.1, 0.15) is 0 Å². The summed E-state index contributed by atoms with van der Waals surface area (Å²) >= 11 is 0. The van der Waals surface area contributed by atoms with Crippen molar-refractivity contribution in [2.45, 2.75) is 37.8 Å². The van der Waals surface area contributed by atoms with Crippen molar-refractivity contribution in [3.63, 3.8) is 0 Å². The SMILES string of the molecule is COC(=O)C1CC(NC(=O)C2CC(N)C2)C1.Cl. The van der Waals surface area contributed by atoms with Gasteiger partial charge in [-0.2, -0.15) is 0 Å². The van der Waals surface area contributed by atoms with Crippen LogP contribution in [0.4, 0.5) is 0 Å². The van der Waals surface area contributed by atoms with Crippen molar-refractivity contribution in [2.75, 3.05) is 7.11 Å². The monoisotopic (exact) mass is 262 g/mol. The van der Waals surface area contributed by atoms with Gasteiger partial charge >= 0.3 is 5.97 Å². The number of nitrogens with two attached hydrogens (primary N) is 1. The lowest BCUT2D eigenvalue weighted by Crippen LogP contribution is -2.52. The van der Waals surface area contributed by atoms with E-state index in [4.69, 9.17) is 5.73 Å². The average Bonchev–Trinajstić information content (AvgIpc) is 2.16. The Morgan fingerprint density at radius 1 is 1.18 bits per heavy atom. The van der Waals surface area contributed by atoms with Crippen LogP contribution < -0.4 is 11.1 Å². The van der Waals surface area contributed by atoms with Gasteiger partial charge in [0.2, 0.25) is 5.91 Å². The summed E-state index contributed by atoms with van der Waals surface area (Å²) in [5.74, 6) is -0.0164. The third-order valence-corrected chi connectivity index (χ3v) is 3.56. The van der Waals surface area contributed by atoms with Crippen LogP contribution in [0.2, 0.25) is 0 Å². The number of carbonyl (C=O) groups is 2. The highest BCUT2D eigenvalue weighted by Gasteiger charge is 2.39. The van der Waals surface area contributed by atoms with Crippen molar-refractivity contribution in [2.24, 2.45) is 17.6 Å². The molecule has 5 nitrogen and oxygen atoms in total. The standard InChI is InChI=1S/C11H18N2O3.ClH/c1-16-11(15)7-4-9(5-7)13-10(14)6-2-8(12)3-6;/h6-9H,2-5,12H2,1H3,(H,13,14);1H. The molecule has 0 aromatic rings. The Morgan fingerprint density at radius 3 is 2.24 bits per heavy atom. The Balaban J connectivity index is 0.00000144. The Labute approximate surface area is 107 Å². The largest absolute Gasteiger partial charge is 0.469 e. The molecule has 1 amide bonds. The average molecular weight is 263 g/mol. The van der Waals surface area contributed by atoms with Gasteiger partial charge in [-0.25, -0.2) is 0 Å². The first kappa shape index (κ1) is 14.3. The lowest BCUT2D eigenvalue weighted by atomic mass is 9.77. The highest BCUT2D eigenvalue weighted by Crippen LogP contribution is 2.30. The van der Waals surface area contributed by atoms with Crippen LogP contribution in [-0.2, 0) is 14.3 Å². The molecule has 0 aromatic carbocycles. The molecule has 0 unspecified atom stereocenters. The number of esters is 1. The normalized spacial score (nSPS) is 34.7. The van der Waals surface area contributed by atoms with Gasteiger partial charge in [-0.1, -0.05) is 0 Å². The molecule has 3 N–H and O–H groups in total. The quantitative estimate of drug-likeness (QED) is 0.713. The Morgan fingerprint density at radius 2 is 1.76 bits per heavy atom. The number of ether oxygens (including phenoxy) is 1. The number of amides is 1. The molecule has 0 aromatic heterocycles. The minimum atomic E-state index is -0.170. The van der Waals surface area contributed by atoms with Crippen molar-refractivity contribution >= 4 is 24.3 Å². The van der Waals surface area contributed by atoms with E-state index < -0.39 is 0 Å². The number of carbonyl (C=O) groups excluding carboxylic acids is 2. The minimum absolute atomic E-state index is 0. The van der Waals surface area contributed by atoms with Crippen LogP contribution in [0.5, 0.6) is 0 Å². The molecule has 0 spiro atoms. The maximum Gasteiger partial charge on any atom is 0.308 e. The van der Waals surface area contributed by atoms with Crippen LogP contribution >= 0.6 is 12.4 Å². The van der Waals surface area contributed by atoms with Crippen molar-refractivity contribution in [3.8, 4) is 0 Å². The van der Waals surface area contributed by atoms with E-state index in [2.05, 4.69) is 10.1 Å². The van der Waals surface area contributed by atoms with E-state index in [-0.39, 0.29) is 48.2 Å². The van der Waals surface area contributed by atoms with Crippen LogP contribution in [0, 0.1) is 11.8 Å². The molecule has 17 heavy (non-hydrogen) atoms. The third-order valence-electron chi connectivity index (χ3n) is 3.56. The zero-order chi connectivity index (χ0) is 11.7. The maximum absolute atomic E-state index is 11.6. The van der Waals surface area contributed by atoms with E-state index >= 15 is 0 Å². The van der Waals surface area contributed by atoms with Gasteiger partial charge in [0, 0.05) is 18.0 Å². The Bertz CT molecular complexity index is 299. The zero-order valence-corrected chi connectivity index (χ0v) is 10.7. The molecule has 6 heteroatoms. The summed E-state index contributed by atoms with van der Waals surface area (Å²) in [4.78, 5) is 22.8. The molecule has 0 atom stereocenters. The Hall–Kier alpha value is -0.810. The van der Waals surface area contributed by atoms with Crippen LogP contribution in [0.1, 0.15) is 25.7 Å². The van der Waals surface area contributed by atoms with Crippen molar-refractivity contribution in [3.05, 3.63) is 0 Å². The second-order valence-corrected chi connectivity index (χ2v) is 4.83. The lowest BCUT2D eigenvalue weighted by Gasteiger charge is -2.37. The molecule has 98 valence electrons. The summed E-state index contributed by atoms with van der Waals surface area (Å²) in [5.41, 5.74) is 5.62. The van der Waals surface area contributed by atoms with Gasteiger partial charge in [0.05, 0.1) is 13.0 Å². The van der Waals surface area contributed by atoms with E-state index in [1.54, 1.807) is 0 Å². The van der Waals surface area contributed by atoms with E-state index in [1.165, 1.54) is 7.11 Å². The van der Waals surface area contributed by atoms with Gasteiger partial charge in [-0.05, 0) is 25.7 Å². The highest BCUT2D eigenvalue weighted by atomic mass is 35.5. The molecule has 0 radical (unpaired) electrons. The summed E-state index contributed by atoms with van der Waals surface area (Å²) in [5, 5.41) is 2.95. The first-order valence-electron chi connectivity index (χ1n) is 5.74. The number of hydrogen-bond acceptors (Lipinski definition) is 4.